The smallest absolute Gasteiger partial charge is 0.143 e. The van der Waals surface area contributed by atoms with Crippen molar-refractivity contribution in [1.82, 2.24) is 0 Å². The zero-order valence-corrected chi connectivity index (χ0v) is 10.9. The predicted molar refractivity (Wildman–Crippen MR) is 67.5 cm³/mol. The lowest BCUT2D eigenvalue weighted by Crippen LogP contribution is -2.50. The number of hydrogen-bond donors (Lipinski definition) is 2. The Morgan fingerprint density at radius 2 is 2.29 bits per heavy atom. The van der Waals surface area contributed by atoms with Crippen molar-refractivity contribution in [2.24, 2.45) is 0 Å². The van der Waals surface area contributed by atoms with Gasteiger partial charge in [0, 0.05) is 6.61 Å². The fourth-order valence-corrected chi connectivity index (χ4v) is 2.65. The molecule has 17 heavy (non-hydrogen) atoms. The van der Waals surface area contributed by atoms with E-state index in [0.717, 1.165) is 0 Å². The molecule has 4 atom stereocenters. The summed E-state index contributed by atoms with van der Waals surface area (Å²) in [7, 11) is 5.12. The lowest BCUT2D eigenvalue weighted by molar-refractivity contribution is -0.0876. The van der Waals surface area contributed by atoms with Crippen molar-refractivity contribution in [3.05, 3.63) is 0 Å². The van der Waals surface area contributed by atoms with Crippen LogP contribution in [0, 0.1) is 0 Å². The summed E-state index contributed by atoms with van der Waals surface area (Å²) in [5.41, 5.74) is -0.437. The van der Waals surface area contributed by atoms with Crippen LogP contribution in [0.4, 0.5) is 0 Å². The Labute approximate surface area is 104 Å². The number of ether oxygens (including phenoxy) is 3. The van der Waals surface area contributed by atoms with Gasteiger partial charge in [-0.3, -0.25) is 0 Å². The van der Waals surface area contributed by atoms with E-state index in [2.05, 4.69) is 8.86 Å². The topological polar surface area (TPSA) is 68.2 Å². The SMILES string of the molecule is BC1OC2COC(=P)CO[C@H]2[C@@]1(O)CCCO. The molecule has 2 heterocycles. The molecule has 2 rings (SSSR count). The summed E-state index contributed by atoms with van der Waals surface area (Å²) in [6.07, 6.45) is 0.325. The molecule has 0 aromatic rings. The van der Waals surface area contributed by atoms with Crippen molar-refractivity contribution in [2.45, 2.75) is 36.7 Å². The van der Waals surface area contributed by atoms with Crippen molar-refractivity contribution in [2.75, 3.05) is 19.8 Å². The van der Waals surface area contributed by atoms with Gasteiger partial charge in [0.2, 0.25) is 0 Å². The fraction of sp³-hybridized carbons (Fsp3) is 0.900. The van der Waals surface area contributed by atoms with Gasteiger partial charge in [0.05, 0.1) is 24.7 Å². The van der Waals surface area contributed by atoms with Crippen LogP contribution >= 0.6 is 8.86 Å². The van der Waals surface area contributed by atoms with E-state index >= 15 is 0 Å². The number of aliphatic hydroxyl groups excluding tert-OH is 1. The maximum absolute atomic E-state index is 10.7. The standard InChI is InChI=1S/C10H18BO5P/c11-9-10(13,2-1-3-12)8-6(16-9)4-14-7(17)5-15-8/h6,8-9,12-13,17H,1-5,11H2/t6?,8-,9?,10+/m1/s1. The highest BCUT2D eigenvalue weighted by Crippen LogP contribution is 2.36. The zero-order valence-electron chi connectivity index (χ0n) is 9.89. The Balaban J connectivity index is 2.12. The average molecular weight is 260 g/mol. The molecule has 96 valence electrons. The molecule has 0 spiro atoms. The van der Waals surface area contributed by atoms with Crippen LogP contribution in [0.15, 0.2) is 0 Å². The zero-order chi connectivity index (χ0) is 12.5. The normalized spacial score (nSPS) is 42.2. The van der Waals surface area contributed by atoms with Crippen LogP contribution < -0.4 is 0 Å². The van der Waals surface area contributed by atoms with E-state index in [-0.39, 0.29) is 18.7 Å². The van der Waals surface area contributed by atoms with E-state index in [1.807, 2.05) is 7.85 Å². The quantitative estimate of drug-likeness (QED) is 0.479. The van der Waals surface area contributed by atoms with Crippen LogP contribution in [0.2, 0.25) is 0 Å². The van der Waals surface area contributed by atoms with E-state index in [9.17, 15) is 5.11 Å². The predicted octanol–water partition coefficient (Wildman–Crippen LogP) is -1.46. The van der Waals surface area contributed by atoms with Crippen LogP contribution in [-0.4, -0.2) is 67.2 Å². The Kier molecular flexibility index (Phi) is 4.24. The largest absolute Gasteiger partial charge is 0.396 e. The van der Waals surface area contributed by atoms with Crippen molar-refractivity contribution < 1.29 is 24.4 Å². The molecule has 0 aromatic carbocycles. The summed E-state index contributed by atoms with van der Waals surface area (Å²) in [5.74, 6) is 0. The lowest BCUT2D eigenvalue weighted by atomic mass is 9.77. The molecule has 2 aliphatic rings. The number of aliphatic hydroxyl groups is 2. The highest BCUT2D eigenvalue weighted by molar-refractivity contribution is 7.20. The van der Waals surface area contributed by atoms with E-state index in [0.29, 0.717) is 31.5 Å². The van der Waals surface area contributed by atoms with Crippen LogP contribution in [-0.2, 0) is 14.2 Å². The van der Waals surface area contributed by atoms with Gasteiger partial charge < -0.3 is 24.4 Å². The highest BCUT2D eigenvalue weighted by atomic mass is 31.0. The minimum absolute atomic E-state index is 0.0540. The molecule has 0 radical (unpaired) electrons. The first-order valence-corrected chi connectivity index (χ1v) is 6.38. The minimum Gasteiger partial charge on any atom is -0.396 e. The van der Waals surface area contributed by atoms with Crippen molar-refractivity contribution in [3.8, 4) is 0 Å². The van der Waals surface area contributed by atoms with E-state index in [4.69, 9.17) is 19.3 Å². The van der Waals surface area contributed by atoms with E-state index < -0.39 is 11.7 Å². The van der Waals surface area contributed by atoms with Gasteiger partial charge in [0.1, 0.15) is 25.7 Å². The van der Waals surface area contributed by atoms with Crippen LogP contribution in [0.3, 0.4) is 0 Å². The van der Waals surface area contributed by atoms with E-state index in [1.54, 1.807) is 0 Å². The second kappa shape index (κ2) is 5.35. The third-order valence-corrected chi connectivity index (χ3v) is 3.75. The summed E-state index contributed by atoms with van der Waals surface area (Å²) < 4.78 is 16.7. The Hall–Kier alpha value is 0.0349. The molecule has 0 bridgehead atoms. The van der Waals surface area contributed by atoms with Crippen molar-refractivity contribution in [1.29, 1.82) is 0 Å². The van der Waals surface area contributed by atoms with Gasteiger partial charge in [0.25, 0.3) is 0 Å². The molecule has 0 aromatic heterocycles. The molecule has 2 N–H and O–H groups in total. The summed E-state index contributed by atoms with van der Waals surface area (Å²) in [6.45, 7) is 0.725. The van der Waals surface area contributed by atoms with Gasteiger partial charge in [-0.15, -0.1) is 0 Å². The molecule has 0 saturated carbocycles. The molecule has 7 heteroatoms. The first-order valence-electron chi connectivity index (χ1n) is 5.88. The van der Waals surface area contributed by atoms with Gasteiger partial charge in [-0.05, 0) is 12.8 Å². The van der Waals surface area contributed by atoms with E-state index in [1.165, 1.54) is 0 Å². The summed E-state index contributed by atoms with van der Waals surface area (Å²) in [5, 5.41) is 19.5. The van der Waals surface area contributed by atoms with Crippen LogP contribution in [0.5, 0.6) is 0 Å². The molecule has 2 aliphatic heterocycles. The molecule has 0 amide bonds. The maximum Gasteiger partial charge on any atom is 0.143 e. The van der Waals surface area contributed by atoms with Gasteiger partial charge in [-0.2, -0.15) is 0 Å². The van der Waals surface area contributed by atoms with Crippen molar-refractivity contribution >= 4 is 22.2 Å². The molecule has 2 saturated heterocycles. The van der Waals surface area contributed by atoms with Gasteiger partial charge in [-0.25, -0.2) is 0 Å². The molecular formula is C10H18BO5P. The molecular weight excluding hydrogens is 242 g/mol. The monoisotopic (exact) mass is 260 g/mol. The fourth-order valence-electron chi connectivity index (χ4n) is 2.48. The second-order valence-electron chi connectivity index (χ2n) is 4.60. The van der Waals surface area contributed by atoms with Crippen LogP contribution in [0.25, 0.3) is 0 Å². The average Bonchev–Trinajstić information content (AvgIpc) is 2.44. The number of rotatable bonds is 3. The third-order valence-electron chi connectivity index (χ3n) is 3.46. The van der Waals surface area contributed by atoms with Gasteiger partial charge in [-0.1, -0.05) is 8.86 Å². The first kappa shape index (κ1) is 13.5. The number of fused-ring (bicyclic) bond motifs is 1. The first-order chi connectivity index (χ1) is 8.08. The minimum atomic E-state index is -1.05. The Morgan fingerprint density at radius 3 is 3.00 bits per heavy atom. The van der Waals surface area contributed by atoms with Gasteiger partial charge >= 0.3 is 0 Å². The molecule has 5 nitrogen and oxygen atoms in total. The third kappa shape index (κ3) is 2.57. The summed E-state index contributed by atoms with van der Waals surface area (Å²) in [6, 6.07) is -0.316. The molecule has 2 fully saturated rings. The van der Waals surface area contributed by atoms with Crippen LogP contribution in [0.1, 0.15) is 12.8 Å². The van der Waals surface area contributed by atoms with Crippen molar-refractivity contribution in [3.63, 3.8) is 0 Å². The number of hydrogen-bond acceptors (Lipinski definition) is 5. The Bertz CT molecular complexity index is 302. The van der Waals surface area contributed by atoms with Gasteiger partial charge in [0.15, 0.2) is 0 Å². The second-order valence-corrected chi connectivity index (χ2v) is 5.16. The highest BCUT2D eigenvalue weighted by Gasteiger charge is 2.54. The lowest BCUT2D eigenvalue weighted by Gasteiger charge is -2.31. The molecule has 0 aliphatic carbocycles. The Morgan fingerprint density at radius 1 is 1.53 bits per heavy atom. The molecule has 2 unspecified atom stereocenters. The maximum atomic E-state index is 10.7. The summed E-state index contributed by atoms with van der Waals surface area (Å²) in [4.78, 5) is 0. The summed E-state index contributed by atoms with van der Waals surface area (Å²) >= 11 is 0.